The summed E-state index contributed by atoms with van der Waals surface area (Å²) in [6.45, 7) is 3.65. The molecule has 0 radical (unpaired) electrons. The number of rotatable bonds is 6. The van der Waals surface area contributed by atoms with E-state index in [1.807, 2.05) is 0 Å². The number of nitrogens with two attached hydrogens (primary N) is 1. The summed E-state index contributed by atoms with van der Waals surface area (Å²) >= 11 is 0. The van der Waals surface area contributed by atoms with E-state index in [1.165, 1.54) is 0 Å². The van der Waals surface area contributed by atoms with Crippen LogP contribution in [-0.4, -0.2) is 29.1 Å². The molecule has 1 amide bonds. The molecule has 2 unspecified atom stereocenters. The Balaban J connectivity index is 2.42. The Morgan fingerprint density at radius 3 is 2.50 bits per heavy atom. The monoisotopic (exact) mass is 228 g/mol. The first-order chi connectivity index (χ1) is 7.39. The van der Waals surface area contributed by atoms with E-state index < -0.39 is 17.4 Å². The van der Waals surface area contributed by atoms with Crippen LogP contribution in [-0.2, 0) is 9.59 Å². The molecule has 4 N–H and O–H groups in total. The molecular weight excluding hydrogens is 208 g/mol. The van der Waals surface area contributed by atoms with Crippen molar-refractivity contribution >= 4 is 11.9 Å². The second kappa shape index (κ2) is 4.82. The maximum Gasteiger partial charge on any atom is 0.308 e. The van der Waals surface area contributed by atoms with E-state index in [4.69, 9.17) is 10.8 Å². The zero-order valence-electron chi connectivity index (χ0n) is 9.82. The molecule has 1 aliphatic rings. The highest BCUT2D eigenvalue weighted by molar-refractivity contribution is 5.86. The van der Waals surface area contributed by atoms with Crippen LogP contribution in [0, 0.1) is 11.8 Å². The molecule has 0 aromatic rings. The molecule has 0 spiro atoms. The number of hydrogen-bond acceptors (Lipinski definition) is 3. The molecule has 0 aliphatic heterocycles. The minimum atomic E-state index is -0.882. The number of carbonyl (C=O) groups excluding carboxylic acids is 1. The number of carbonyl (C=O) groups is 2. The van der Waals surface area contributed by atoms with Gasteiger partial charge in [0, 0.05) is 6.54 Å². The van der Waals surface area contributed by atoms with Crippen LogP contribution in [0.25, 0.3) is 0 Å². The van der Waals surface area contributed by atoms with Crippen molar-refractivity contribution in [2.24, 2.45) is 17.6 Å². The molecule has 16 heavy (non-hydrogen) atoms. The molecular formula is C11H20N2O3. The number of carboxylic acids is 1. The molecule has 0 saturated heterocycles. The quantitative estimate of drug-likeness (QED) is 0.611. The molecule has 1 fully saturated rings. The van der Waals surface area contributed by atoms with Crippen molar-refractivity contribution in [2.75, 3.05) is 6.54 Å². The smallest absolute Gasteiger partial charge is 0.308 e. The number of carboxylic acid groups (broad SMARTS) is 1. The predicted molar refractivity (Wildman–Crippen MR) is 59.7 cm³/mol. The number of hydrogen-bond donors (Lipinski definition) is 3. The Morgan fingerprint density at radius 1 is 1.56 bits per heavy atom. The summed E-state index contributed by atoms with van der Waals surface area (Å²) in [6.07, 6.45) is 2.47. The third-order valence-corrected chi connectivity index (χ3v) is 3.27. The summed E-state index contributed by atoms with van der Waals surface area (Å²) in [6, 6.07) is 0. The van der Waals surface area contributed by atoms with Crippen LogP contribution in [0.1, 0.15) is 33.1 Å². The molecule has 0 bridgehead atoms. The molecule has 0 aromatic heterocycles. The molecule has 0 heterocycles. The van der Waals surface area contributed by atoms with Crippen molar-refractivity contribution in [3.8, 4) is 0 Å². The van der Waals surface area contributed by atoms with Gasteiger partial charge in [-0.1, -0.05) is 6.92 Å². The first kappa shape index (κ1) is 13.0. The second-order valence-corrected chi connectivity index (χ2v) is 4.71. The fourth-order valence-electron chi connectivity index (χ4n) is 1.68. The van der Waals surface area contributed by atoms with Crippen LogP contribution in [0.2, 0.25) is 0 Å². The van der Waals surface area contributed by atoms with E-state index in [1.54, 1.807) is 13.8 Å². The van der Waals surface area contributed by atoms with Gasteiger partial charge in [-0.2, -0.15) is 0 Å². The number of nitrogens with one attached hydrogen (secondary N) is 1. The maximum atomic E-state index is 11.8. The zero-order valence-corrected chi connectivity index (χ0v) is 9.82. The first-order valence-electron chi connectivity index (χ1n) is 5.69. The standard InChI is InChI=1S/C11H20N2O3/c1-3-7(9(14)15)6-13-10(16)11(2,12)8-4-5-8/h7-8H,3-6,12H2,1-2H3,(H,13,16)(H,14,15). The van der Waals surface area contributed by atoms with Gasteiger partial charge in [0.05, 0.1) is 11.5 Å². The summed E-state index contributed by atoms with van der Waals surface area (Å²) < 4.78 is 0. The van der Waals surface area contributed by atoms with Gasteiger partial charge in [-0.05, 0) is 32.1 Å². The maximum absolute atomic E-state index is 11.8. The van der Waals surface area contributed by atoms with Crippen LogP contribution >= 0.6 is 0 Å². The predicted octanol–water partition coefficient (Wildman–Crippen LogP) is 0.341. The molecule has 1 aliphatic carbocycles. The van der Waals surface area contributed by atoms with E-state index in [2.05, 4.69) is 5.32 Å². The Bertz CT molecular complexity index is 285. The van der Waals surface area contributed by atoms with E-state index in [9.17, 15) is 9.59 Å². The normalized spacial score (nSPS) is 20.9. The lowest BCUT2D eigenvalue weighted by molar-refractivity contribution is -0.141. The lowest BCUT2D eigenvalue weighted by atomic mass is 9.96. The summed E-state index contributed by atoms with van der Waals surface area (Å²) in [5.74, 6) is -1.40. The summed E-state index contributed by atoms with van der Waals surface area (Å²) in [5, 5.41) is 11.5. The van der Waals surface area contributed by atoms with Gasteiger partial charge in [-0.15, -0.1) is 0 Å². The van der Waals surface area contributed by atoms with E-state index in [-0.39, 0.29) is 18.4 Å². The lowest BCUT2D eigenvalue weighted by Crippen LogP contribution is -2.54. The van der Waals surface area contributed by atoms with E-state index in [0.29, 0.717) is 6.42 Å². The van der Waals surface area contributed by atoms with Gasteiger partial charge < -0.3 is 16.2 Å². The molecule has 0 aromatic carbocycles. The molecule has 5 heteroatoms. The molecule has 1 saturated carbocycles. The summed E-state index contributed by atoms with van der Waals surface area (Å²) in [7, 11) is 0. The van der Waals surface area contributed by atoms with Crippen LogP contribution in [0.15, 0.2) is 0 Å². The molecule has 92 valence electrons. The highest BCUT2D eigenvalue weighted by Gasteiger charge is 2.44. The number of amides is 1. The van der Waals surface area contributed by atoms with Gasteiger partial charge >= 0.3 is 5.97 Å². The minimum Gasteiger partial charge on any atom is -0.481 e. The van der Waals surface area contributed by atoms with E-state index >= 15 is 0 Å². The third-order valence-electron chi connectivity index (χ3n) is 3.27. The third kappa shape index (κ3) is 2.95. The largest absolute Gasteiger partial charge is 0.481 e. The van der Waals surface area contributed by atoms with Crippen molar-refractivity contribution in [1.82, 2.24) is 5.32 Å². The highest BCUT2D eigenvalue weighted by Crippen LogP contribution is 2.38. The molecule has 1 rings (SSSR count). The van der Waals surface area contributed by atoms with Crippen molar-refractivity contribution in [1.29, 1.82) is 0 Å². The molecule has 5 nitrogen and oxygen atoms in total. The van der Waals surface area contributed by atoms with Gasteiger partial charge in [0.25, 0.3) is 0 Å². The Labute approximate surface area is 95.4 Å². The average Bonchev–Trinajstić information content (AvgIpc) is 3.00. The van der Waals surface area contributed by atoms with Crippen LogP contribution in [0.3, 0.4) is 0 Å². The summed E-state index contributed by atoms with van der Waals surface area (Å²) in [4.78, 5) is 22.5. The second-order valence-electron chi connectivity index (χ2n) is 4.71. The Morgan fingerprint density at radius 2 is 2.12 bits per heavy atom. The fraction of sp³-hybridized carbons (Fsp3) is 0.818. The van der Waals surface area contributed by atoms with E-state index in [0.717, 1.165) is 12.8 Å². The van der Waals surface area contributed by atoms with Gasteiger partial charge in [0.15, 0.2) is 0 Å². The Kier molecular flexibility index (Phi) is 3.91. The first-order valence-corrected chi connectivity index (χ1v) is 5.69. The van der Waals surface area contributed by atoms with Crippen molar-refractivity contribution < 1.29 is 14.7 Å². The SMILES string of the molecule is CCC(CNC(=O)C(C)(N)C1CC1)C(=O)O. The van der Waals surface area contributed by atoms with Crippen molar-refractivity contribution in [3.05, 3.63) is 0 Å². The lowest BCUT2D eigenvalue weighted by Gasteiger charge is -2.24. The van der Waals surface area contributed by atoms with Crippen molar-refractivity contribution in [2.45, 2.75) is 38.6 Å². The molecule has 2 atom stereocenters. The highest BCUT2D eigenvalue weighted by atomic mass is 16.4. The van der Waals surface area contributed by atoms with Crippen LogP contribution in [0.4, 0.5) is 0 Å². The van der Waals surface area contributed by atoms with Crippen LogP contribution < -0.4 is 11.1 Å². The number of aliphatic carboxylic acids is 1. The van der Waals surface area contributed by atoms with Gasteiger partial charge in [0.1, 0.15) is 0 Å². The average molecular weight is 228 g/mol. The minimum absolute atomic E-state index is 0.157. The van der Waals surface area contributed by atoms with Crippen molar-refractivity contribution in [3.63, 3.8) is 0 Å². The summed E-state index contributed by atoms with van der Waals surface area (Å²) in [5.41, 5.74) is 5.06. The fourth-order valence-corrected chi connectivity index (χ4v) is 1.68. The topological polar surface area (TPSA) is 92.4 Å². The zero-order chi connectivity index (χ0) is 12.3. The van der Waals surface area contributed by atoms with Gasteiger partial charge in [-0.25, -0.2) is 0 Å². The Hall–Kier alpha value is -1.10. The van der Waals surface area contributed by atoms with Crippen LogP contribution in [0.5, 0.6) is 0 Å². The van der Waals surface area contributed by atoms with Gasteiger partial charge in [0.2, 0.25) is 5.91 Å². The van der Waals surface area contributed by atoms with Gasteiger partial charge in [-0.3, -0.25) is 9.59 Å².